The predicted molar refractivity (Wildman–Crippen MR) is 78.3 cm³/mol. The van der Waals surface area contributed by atoms with Gasteiger partial charge < -0.3 is 17.6 Å². The van der Waals surface area contributed by atoms with Gasteiger partial charge in [-0.15, -0.1) is 11.3 Å². The Morgan fingerprint density at radius 3 is 2.90 bits per heavy atom. The van der Waals surface area contributed by atoms with E-state index in [0.29, 0.717) is 11.4 Å². The van der Waals surface area contributed by atoms with Gasteiger partial charge in [-0.25, -0.2) is 0 Å². The van der Waals surface area contributed by atoms with Gasteiger partial charge in [-0.3, -0.25) is 0 Å². The van der Waals surface area contributed by atoms with E-state index in [-0.39, 0.29) is 0 Å². The lowest BCUT2D eigenvalue weighted by Crippen LogP contribution is -2.49. The minimum absolute atomic E-state index is 0.590. The van der Waals surface area contributed by atoms with Crippen molar-refractivity contribution in [1.29, 1.82) is 0 Å². The van der Waals surface area contributed by atoms with E-state index in [0.717, 1.165) is 25.0 Å². The highest BCUT2D eigenvalue weighted by molar-refractivity contribution is 7.11. The Morgan fingerprint density at radius 2 is 2.15 bits per heavy atom. The second kappa shape index (κ2) is 3.79. The van der Waals surface area contributed by atoms with Crippen LogP contribution >= 0.6 is 11.3 Å². The van der Waals surface area contributed by atoms with E-state index in [9.17, 15) is 8.63 Å². The first-order valence-corrected chi connectivity index (χ1v) is 7.27. The lowest BCUT2D eigenvalue weighted by Gasteiger charge is -2.30. The smallest absolute Gasteiger partial charge is 0.396 e. The highest BCUT2D eigenvalue weighted by Gasteiger charge is 2.51. The molecule has 20 heavy (non-hydrogen) atoms. The van der Waals surface area contributed by atoms with Gasteiger partial charge in [0.15, 0.2) is 5.70 Å². The molecule has 4 heterocycles. The molecule has 6 heteroatoms. The summed E-state index contributed by atoms with van der Waals surface area (Å²) in [5, 5.41) is 2.00. The molecule has 0 aromatic carbocycles. The summed E-state index contributed by atoms with van der Waals surface area (Å²) >= 11 is 1.59. The lowest BCUT2D eigenvalue weighted by atomic mass is 9.88. The van der Waals surface area contributed by atoms with Crippen LogP contribution in [0, 0.1) is 6.92 Å². The van der Waals surface area contributed by atoms with Gasteiger partial charge in [0.2, 0.25) is 0 Å². The molecule has 0 saturated carbocycles. The maximum Gasteiger partial charge on any atom is 0.737 e. The number of rotatable bonds is 1. The van der Waals surface area contributed by atoms with E-state index >= 15 is 0 Å². The third-order valence-corrected chi connectivity index (χ3v) is 4.86. The SMILES string of the molecule is Cc1ccsc1C1=C2C=CC=[N+]2[B-](F)(F)n2cccc21. The molecule has 2 aromatic rings. The van der Waals surface area contributed by atoms with Gasteiger partial charge >= 0.3 is 6.97 Å². The summed E-state index contributed by atoms with van der Waals surface area (Å²) in [7, 11) is 0. The fraction of sp³-hybridized carbons (Fsp3) is 0.0714. The number of hydrogen-bond donors (Lipinski definition) is 0. The number of fused-ring (bicyclic) bond motifs is 2. The lowest BCUT2D eigenvalue weighted by molar-refractivity contribution is -0.356. The van der Waals surface area contributed by atoms with E-state index in [1.807, 2.05) is 18.4 Å². The van der Waals surface area contributed by atoms with Gasteiger partial charge in [0.25, 0.3) is 0 Å². The number of halogens is 2. The molecule has 0 radical (unpaired) electrons. The molecule has 2 aliphatic heterocycles. The monoisotopic (exact) mass is 288 g/mol. The topological polar surface area (TPSA) is 7.94 Å². The average Bonchev–Trinajstić information content (AvgIpc) is 3.11. The number of allylic oxidation sites excluding steroid dienone is 2. The van der Waals surface area contributed by atoms with Crippen LogP contribution in [0.5, 0.6) is 0 Å². The van der Waals surface area contributed by atoms with Crippen LogP contribution in [0.4, 0.5) is 8.63 Å². The van der Waals surface area contributed by atoms with Crippen molar-refractivity contribution in [3.05, 3.63) is 63.8 Å². The van der Waals surface area contributed by atoms with Crippen molar-refractivity contribution >= 4 is 30.1 Å². The number of aryl methyl sites for hydroxylation is 1. The van der Waals surface area contributed by atoms with Crippen molar-refractivity contribution in [3.63, 3.8) is 0 Å². The zero-order valence-electron chi connectivity index (χ0n) is 10.8. The molecule has 2 aliphatic rings. The molecule has 0 atom stereocenters. The molecule has 0 bridgehead atoms. The second-order valence-electron chi connectivity index (χ2n) is 5.00. The third kappa shape index (κ3) is 1.34. The van der Waals surface area contributed by atoms with Crippen molar-refractivity contribution in [3.8, 4) is 0 Å². The van der Waals surface area contributed by atoms with Crippen LogP contribution in [0.25, 0.3) is 5.57 Å². The Balaban J connectivity index is 2.10. The fourth-order valence-corrected chi connectivity index (χ4v) is 3.87. The van der Waals surface area contributed by atoms with Crippen molar-refractivity contribution in [2.45, 2.75) is 6.92 Å². The van der Waals surface area contributed by atoms with Crippen LogP contribution in [-0.2, 0) is 0 Å². The van der Waals surface area contributed by atoms with E-state index in [2.05, 4.69) is 0 Å². The number of nitrogens with zero attached hydrogens (tertiary/aromatic N) is 2. The maximum atomic E-state index is 14.6. The van der Waals surface area contributed by atoms with Crippen LogP contribution < -0.4 is 0 Å². The molecule has 100 valence electrons. The Hall–Kier alpha value is -1.95. The molecular formula is C14H11BF2N2S. The molecule has 0 unspecified atom stereocenters. The first-order valence-electron chi connectivity index (χ1n) is 6.39. The molecule has 0 aliphatic carbocycles. The third-order valence-electron chi connectivity index (χ3n) is 3.83. The van der Waals surface area contributed by atoms with Crippen molar-refractivity contribution in [2.24, 2.45) is 0 Å². The van der Waals surface area contributed by atoms with Crippen LogP contribution in [0.15, 0.2) is 47.6 Å². The van der Waals surface area contributed by atoms with Gasteiger partial charge in [-0.05, 0) is 42.3 Å². The van der Waals surface area contributed by atoms with Crippen molar-refractivity contribution < 1.29 is 13.1 Å². The van der Waals surface area contributed by atoms with E-state index < -0.39 is 6.97 Å². The minimum Gasteiger partial charge on any atom is -0.396 e. The van der Waals surface area contributed by atoms with E-state index in [1.54, 1.807) is 35.6 Å². The van der Waals surface area contributed by atoms with Gasteiger partial charge in [-0.1, -0.05) is 0 Å². The molecule has 4 rings (SSSR count). The summed E-state index contributed by atoms with van der Waals surface area (Å²) in [6, 6.07) is 5.46. The average molecular weight is 288 g/mol. The van der Waals surface area contributed by atoms with E-state index in [1.165, 1.54) is 12.4 Å². The van der Waals surface area contributed by atoms with Crippen molar-refractivity contribution in [2.75, 3.05) is 0 Å². The second-order valence-corrected chi connectivity index (χ2v) is 5.91. The summed E-state index contributed by atoms with van der Waals surface area (Å²) in [6.07, 6.45) is 6.36. The summed E-state index contributed by atoms with van der Waals surface area (Å²) in [5.74, 6) is 0. The zero-order chi connectivity index (χ0) is 13.9. The first-order chi connectivity index (χ1) is 9.60. The largest absolute Gasteiger partial charge is 0.737 e. The summed E-state index contributed by atoms with van der Waals surface area (Å²) in [4.78, 5) is 1.05. The maximum absolute atomic E-state index is 14.6. The fourth-order valence-electron chi connectivity index (χ4n) is 2.88. The molecular weight excluding hydrogens is 277 g/mol. The molecule has 0 saturated heterocycles. The Labute approximate surface area is 119 Å². The van der Waals surface area contributed by atoms with Gasteiger partial charge in [0, 0.05) is 22.7 Å². The van der Waals surface area contributed by atoms with Gasteiger partial charge in [0.05, 0.1) is 5.57 Å². The summed E-state index contributed by atoms with van der Waals surface area (Å²) < 4.78 is 31.3. The molecule has 2 aromatic heterocycles. The Morgan fingerprint density at radius 1 is 1.30 bits per heavy atom. The van der Waals surface area contributed by atoms with Gasteiger partial charge in [-0.2, -0.15) is 0 Å². The van der Waals surface area contributed by atoms with Gasteiger partial charge in [0.1, 0.15) is 6.21 Å². The highest BCUT2D eigenvalue weighted by atomic mass is 32.1. The normalized spacial score (nSPS) is 19.1. The van der Waals surface area contributed by atoms with Crippen LogP contribution in [0.1, 0.15) is 16.1 Å². The number of aromatic nitrogens is 1. The summed E-state index contributed by atoms with van der Waals surface area (Å²) in [6.45, 7) is -1.78. The first kappa shape index (κ1) is 11.8. The quantitative estimate of drug-likeness (QED) is 0.710. The molecule has 2 nitrogen and oxygen atoms in total. The predicted octanol–water partition coefficient (Wildman–Crippen LogP) is 3.51. The standard InChI is InChI=1S/C14H11BF2N2S/c1-10-6-9-20-14(10)13-11-4-2-7-18(11)15(16,17)19-8-3-5-12(13)19/h2-9H,1H3. The Bertz CT molecular complexity index is 811. The molecule has 0 amide bonds. The van der Waals surface area contributed by atoms with Crippen LogP contribution in [-0.4, -0.2) is 22.1 Å². The van der Waals surface area contributed by atoms with Crippen molar-refractivity contribution in [1.82, 2.24) is 4.48 Å². The van der Waals surface area contributed by atoms with Crippen LogP contribution in [0.2, 0.25) is 0 Å². The summed E-state index contributed by atoms with van der Waals surface area (Å²) in [5.41, 5.74) is 3.18. The zero-order valence-corrected chi connectivity index (χ0v) is 11.6. The number of hydrogen-bond acceptors (Lipinski definition) is 1. The highest BCUT2D eigenvalue weighted by Crippen LogP contribution is 2.40. The van der Waals surface area contributed by atoms with Crippen LogP contribution in [0.3, 0.4) is 0 Å². The molecule has 0 N–H and O–H groups in total. The Kier molecular flexibility index (Phi) is 2.25. The molecule has 0 spiro atoms. The number of thiophene rings is 1. The molecule has 0 fully saturated rings. The minimum atomic E-state index is -3.79. The van der Waals surface area contributed by atoms with E-state index in [4.69, 9.17) is 0 Å².